The molecule has 0 fully saturated rings. The molecule has 4 heteroatoms. The maximum absolute atomic E-state index is 5.74. The number of hydrogen-bond acceptors (Lipinski definition) is 3. The fraction of sp³-hybridized carbons (Fsp3) is 0.250. The monoisotopic (exact) mass is 161 g/mol. The largest absolute Gasteiger partial charge is 0.426 e. The van der Waals surface area contributed by atoms with Crippen molar-refractivity contribution in [1.82, 2.24) is 0 Å². The summed E-state index contributed by atoms with van der Waals surface area (Å²) in [6.07, 6.45) is -0.0106. The molecule has 1 aromatic carbocycles. The van der Waals surface area contributed by atoms with E-state index in [9.17, 15) is 0 Å². The van der Waals surface area contributed by atoms with E-state index < -0.39 is 0 Å². The lowest BCUT2D eigenvalue weighted by atomic mass is 9.85. The van der Waals surface area contributed by atoms with E-state index in [-0.39, 0.29) is 6.10 Å². The Labute approximate surface area is 72.0 Å². The Kier molecular flexibility index (Phi) is 1.79. The molecule has 0 bridgehead atoms. The fourth-order valence-electron chi connectivity index (χ4n) is 1.42. The summed E-state index contributed by atoms with van der Waals surface area (Å²) in [6, 6.07) is 5.77. The second kappa shape index (κ2) is 2.81. The molecule has 61 valence electrons. The minimum absolute atomic E-state index is 0.0106. The first-order valence-corrected chi connectivity index (χ1v) is 3.90. The normalized spacial score (nSPS) is 20.2. The van der Waals surface area contributed by atoms with Gasteiger partial charge in [0.1, 0.15) is 0 Å². The van der Waals surface area contributed by atoms with Gasteiger partial charge in [0.2, 0.25) is 0 Å². The van der Waals surface area contributed by atoms with E-state index in [1.54, 1.807) is 7.48 Å². The van der Waals surface area contributed by atoms with Crippen molar-refractivity contribution in [3.05, 3.63) is 23.8 Å². The summed E-state index contributed by atoms with van der Waals surface area (Å²) in [7, 11) is 1.68. The number of benzene rings is 1. The molecule has 0 unspecified atom stereocenters. The topological polar surface area (TPSA) is 61.3 Å². The van der Waals surface area contributed by atoms with Crippen molar-refractivity contribution < 1.29 is 4.65 Å². The van der Waals surface area contributed by atoms with Crippen LogP contribution in [0.5, 0.6) is 0 Å². The molecular weight excluding hydrogens is 151 g/mol. The Morgan fingerprint density at radius 1 is 1.50 bits per heavy atom. The van der Waals surface area contributed by atoms with Crippen LogP contribution in [0.4, 0.5) is 5.69 Å². The van der Waals surface area contributed by atoms with Gasteiger partial charge in [0.05, 0.1) is 6.10 Å². The standard InChI is InChI=1S/C8H10BN2O/c10-4-7-5-2-1-3-6(11)8(5)9-12-7/h1-3,7H,4,10-11H2/t7-/m1/s1. The van der Waals surface area contributed by atoms with Gasteiger partial charge in [-0.1, -0.05) is 12.1 Å². The Hall–Kier alpha value is -0.995. The van der Waals surface area contributed by atoms with Gasteiger partial charge in [-0.05, 0) is 17.1 Å². The Bertz CT molecular complexity index is 303. The van der Waals surface area contributed by atoms with Crippen molar-refractivity contribution in [3.63, 3.8) is 0 Å². The molecule has 1 radical (unpaired) electrons. The second-order valence-corrected chi connectivity index (χ2v) is 2.83. The number of hydrogen-bond donors (Lipinski definition) is 2. The first-order chi connectivity index (χ1) is 5.83. The highest BCUT2D eigenvalue weighted by Crippen LogP contribution is 2.21. The molecule has 1 aliphatic rings. The maximum atomic E-state index is 5.74. The highest BCUT2D eigenvalue weighted by Gasteiger charge is 2.24. The van der Waals surface area contributed by atoms with Crippen LogP contribution in [0.3, 0.4) is 0 Å². The molecule has 1 aromatic rings. The minimum atomic E-state index is -0.0106. The van der Waals surface area contributed by atoms with Gasteiger partial charge in [0, 0.05) is 12.2 Å². The van der Waals surface area contributed by atoms with Gasteiger partial charge in [-0.3, -0.25) is 0 Å². The number of fused-ring (bicyclic) bond motifs is 1. The molecule has 0 saturated heterocycles. The van der Waals surface area contributed by atoms with Crippen molar-refractivity contribution in [3.8, 4) is 0 Å². The van der Waals surface area contributed by atoms with E-state index in [1.165, 1.54) is 0 Å². The summed E-state index contributed by atoms with van der Waals surface area (Å²) < 4.78 is 5.32. The molecule has 0 aliphatic carbocycles. The van der Waals surface area contributed by atoms with Crippen molar-refractivity contribution in [2.75, 3.05) is 12.3 Å². The van der Waals surface area contributed by atoms with Gasteiger partial charge in [-0.25, -0.2) is 0 Å². The third-order valence-electron chi connectivity index (χ3n) is 2.08. The van der Waals surface area contributed by atoms with Gasteiger partial charge < -0.3 is 16.1 Å². The zero-order chi connectivity index (χ0) is 8.55. The van der Waals surface area contributed by atoms with E-state index in [1.807, 2.05) is 18.2 Å². The molecule has 0 aromatic heterocycles. The summed E-state index contributed by atoms with van der Waals surface area (Å²) in [5, 5.41) is 0. The number of nitrogen functional groups attached to an aromatic ring is 1. The van der Waals surface area contributed by atoms with Crippen LogP contribution >= 0.6 is 0 Å². The number of rotatable bonds is 1. The van der Waals surface area contributed by atoms with Crippen molar-refractivity contribution in [1.29, 1.82) is 0 Å². The number of anilines is 1. The lowest BCUT2D eigenvalue weighted by molar-refractivity contribution is 0.243. The Morgan fingerprint density at radius 2 is 2.33 bits per heavy atom. The quantitative estimate of drug-likeness (QED) is 0.432. The molecular formula is C8H10BN2O. The molecule has 1 aliphatic heterocycles. The summed E-state index contributed by atoms with van der Waals surface area (Å²) in [6.45, 7) is 0.493. The zero-order valence-electron chi connectivity index (χ0n) is 6.66. The van der Waals surface area contributed by atoms with Crippen molar-refractivity contribution in [2.45, 2.75) is 6.10 Å². The molecule has 1 heterocycles. The van der Waals surface area contributed by atoms with Crippen molar-refractivity contribution >= 4 is 18.6 Å². The van der Waals surface area contributed by atoms with E-state index in [4.69, 9.17) is 16.1 Å². The molecule has 4 N–H and O–H groups in total. The van der Waals surface area contributed by atoms with E-state index in [0.29, 0.717) is 6.54 Å². The Morgan fingerprint density at radius 3 is 3.08 bits per heavy atom. The molecule has 0 spiro atoms. The average molecular weight is 161 g/mol. The minimum Gasteiger partial charge on any atom is -0.426 e. The Balaban J connectivity index is 2.46. The molecule has 0 amide bonds. The fourth-order valence-corrected chi connectivity index (χ4v) is 1.42. The average Bonchev–Trinajstić information content (AvgIpc) is 2.49. The van der Waals surface area contributed by atoms with E-state index in [0.717, 1.165) is 16.7 Å². The van der Waals surface area contributed by atoms with Crippen LogP contribution in [-0.2, 0) is 4.65 Å². The molecule has 0 saturated carbocycles. The number of nitrogens with two attached hydrogens (primary N) is 2. The molecule has 12 heavy (non-hydrogen) atoms. The molecule has 2 rings (SSSR count). The van der Waals surface area contributed by atoms with Gasteiger partial charge in [-0.2, -0.15) is 0 Å². The summed E-state index contributed by atoms with van der Waals surface area (Å²) in [5.41, 5.74) is 14.1. The smallest absolute Gasteiger partial charge is 0.333 e. The van der Waals surface area contributed by atoms with Crippen LogP contribution in [0.15, 0.2) is 18.2 Å². The van der Waals surface area contributed by atoms with Crippen LogP contribution in [0.1, 0.15) is 11.7 Å². The predicted octanol–water partition coefficient (Wildman–Crippen LogP) is -0.457. The van der Waals surface area contributed by atoms with Gasteiger partial charge in [0.15, 0.2) is 0 Å². The first-order valence-electron chi connectivity index (χ1n) is 3.90. The lowest BCUT2D eigenvalue weighted by Crippen LogP contribution is -2.16. The lowest BCUT2D eigenvalue weighted by Gasteiger charge is -2.08. The van der Waals surface area contributed by atoms with Crippen LogP contribution in [0, 0.1) is 0 Å². The van der Waals surface area contributed by atoms with Gasteiger partial charge in [0.25, 0.3) is 0 Å². The summed E-state index contributed by atoms with van der Waals surface area (Å²) in [4.78, 5) is 0. The summed E-state index contributed by atoms with van der Waals surface area (Å²) in [5.74, 6) is 0. The van der Waals surface area contributed by atoms with Crippen LogP contribution in [0.25, 0.3) is 0 Å². The van der Waals surface area contributed by atoms with E-state index in [2.05, 4.69) is 0 Å². The summed E-state index contributed by atoms with van der Waals surface area (Å²) >= 11 is 0. The van der Waals surface area contributed by atoms with Gasteiger partial charge in [-0.15, -0.1) is 0 Å². The van der Waals surface area contributed by atoms with Crippen molar-refractivity contribution in [2.24, 2.45) is 5.73 Å². The van der Waals surface area contributed by atoms with E-state index >= 15 is 0 Å². The third kappa shape index (κ3) is 1.00. The SMILES string of the molecule is NC[C@H]1O[B]c2c(N)cccc21. The van der Waals surface area contributed by atoms with Crippen LogP contribution < -0.4 is 16.9 Å². The highest BCUT2D eigenvalue weighted by molar-refractivity contribution is 6.51. The maximum Gasteiger partial charge on any atom is 0.333 e. The van der Waals surface area contributed by atoms with Crippen LogP contribution in [-0.4, -0.2) is 14.0 Å². The first kappa shape index (κ1) is 7.64. The second-order valence-electron chi connectivity index (χ2n) is 2.83. The molecule has 3 nitrogen and oxygen atoms in total. The highest BCUT2D eigenvalue weighted by atomic mass is 16.4. The molecule has 1 atom stereocenters. The predicted molar refractivity (Wildman–Crippen MR) is 49.1 cm³/mol. The zero-order valence-corrected chi connectivity index (χ0v) is 6.66. The van der Waals surface area contributed by atoms with Gasteiger partial charge >= 0.3 is 7.48 Å². The third-order valence-corrected chi connectivity index (χ3v) is 2.08. The van der Waals surface area contributed by atoms with Crippen LogP contribution in [0.2, 0.25) is 0 Å².